The first kappa shape index (κ1) is 22.1. The second-order valence-electron chi connectivity index (χ2n) is 7.52. The lowest BCUT2D eigenvalue weighted by molar-refractivity contribution is -0.123. The summed E-state index contributed by atoms with van der Waals surface area (Å²) in [5.74, 6) is 0.432. The summed E-state index contributed by atoms with van der Waals surface area (Å²) in [6.45, 7) is 5.70. The highest BCUT2D eigenvalue weighted by atomic mass is 16.5. The molecule has 0 fully saturated rings. The summed E-state index contributed by atoms with van der Waals surface area (Å²) in [6, 6.07) is 16.1. The molecule has 0 saturated heterocycles. The van der Waals surface area contributed by atoms with Crippen molar-refractivity contribution in [1.29, 1.82) is 0 Å². The molecular weight excluding hydrogens is 394 g/mol. The number of carbonyl (C=O) groups is 2. The zero-order chi connectivity index (χ0) is 22.4. The lowest BCUT2D eigenvalue weighted by Gasteiger charge is -2.19. The van der Waals surface area contributed by atoms with Gasteiger partial charge in [0.25, 0.3) is 5.91 Å². The van der Waals surface area contributed by atoms with Crippen LogP contribution in [0.3, 0.4) is 0 Å². The number of rotatable bonds is 8. The smallest absolute Gasteiger partial charge is 0.287 e. The highest BCUT2D eigenvalue weighted by molar-refractivity contribution is 5.95. The van der Waals surface area contributed by atoms with E-state index in [1.807, 2.05) is 57.2 Å². The topological polar surface area (TPSA) is 93.5 Å². The number of likely N-dealkylation sites (N-methyl/N-ethyl adjacent to an activating group) is 1. The summed E-state index contributed by atoms with van der Waals surface area (Å²) in [5, 5.41) is 5.27. The van der Waals surface area contributed by atoms with Crippen molar-refractivity contribution in [2.75, 3.05) is 7.05 Å². The number of amides is 2. The van der Waals surface area contributed by atoms with Crippen LogP contribution in [0.15, 0.2) is 65.2 Å². The number of benzene rings is 1. The lowest BCUT2D eigenvalue weighted by atomic mass is 10.0. The summed E-state index contributed by atoms with van der Waals surface area (Å²) in [7, 11) is 1.54. The molecule has 2 atom stereocenters. The molecule has 3 rings (SSSR count). The molecule has 2 amide bonds. The summed E-state index contributed by atoms with van der Waals surface area (Å²) < 4.78 is 11.6. The van der Waals surface area contributed by atoms with Gasteiger partial charge in [-0.3, -0.25) is 9.59 Å². The Bertz CT molecular complexity index is 1010. The molecule has 0 aliphatic rings. The Morgan fingerprint density at radius 3 is 2.35 bits per heavy atom. The maximum atomic E-state index is 12.5. The van der Waals surface area contributed by atoms with Gasteiger partial charge < -0.3 is 19.8 Å². The SMILES string of the molecule is CNC(=O)[C@@H](NC(=O)c1ccc(-c2ccc(O[C@H](C)c3ccccc3)cn2)o1)C(C)C. The number of carbonyl (C=O) groups excluding carboxylic acids is 2. The molecule has 2 aromatic heterocycles. The fourth-order valence-electron chi connectivity index (χ4n) is 3.09. The van der Waals surface area contributed by atoms with E-state index < -0.39 is 11.9 Å². The van der Waals surface area contributed by atoms with E-state index in [4.69, 9.17) is 9.15 Å². The first-order valence-corrected chi connectivity index (χ1v) is 10.2. The van der Waals surface area contributed by atoms with E-state index >= 15 is 0 Å². The molecule has 2 heterocycles. The Kier molecular flexibility index (Phi) is 7.07. The van der Waals surface area contributed by atoms with Gasteiger partial charge >= 0.3 is 0 Å². The number of ether oxygens (including phenoxy) is 1. The normalized spacial score (nSPS) is 12.8. The number of nitrogens with zero attached hydrogens (tertiary/aromatic N) is 1. The maximum Gasteiger partial charge on any atom is 0.287 e. The van der Waals surface area contributed by atoms with Crippen LogP contribution in [0.1, 0.15) is 43.0 Å². The molecule has 31 heavy (non-hydrogen) atoms. The number of aromatic nitrogens is 1. The molecule has 0 unspecified atom stereocenters. The highest BCUT2D eigenvalue weighted by Gasteiger charge is 2.25. The van der Waals surface area contributed by atoms with Crippen molar-refractivity contribution in [2.24, 2.45) is 5.92 Å². The lowest BCUT2D eigenvalue weighted by Crippen LogP contribution is -2.48. The van der Waals surface area contributed by atoms with E-state index in [2.05, 4.69) is 15.6 Å². The van der Waals surface area contributed by atoms with Crippen LogP contribution < -0.4 is 15.4 Å². The molecule has 7 nitrogen and oxygen atoms in total. The van der Waals surface area contributed by atoms with Crippen LogP contribution in [0.5, 0.6) is 5.75 Å². The molecular formula is C24H27N3O4. The number of furan rings is 1. The number of hydrogen-bond donors (Lipinski definition) is 2. The first-order valence-electron chi connectivity index (χ1n) is 10.2. The Labute approximate surface area is 181 Å². The maximum absolute atomic E-state index is 12.5. The third-order valence-electron chi connectivity index (χ3n) is 4.88. The van der Waals surface area contributed by atoms with Gasteiger partial charge in [0, 0.05) is 7.05 Å². The van der Waals surface area contributed by atoms with Crippen molar-refractivity contribution in [2.45, 2.75) is 32.9 Å². The third-order valence-corrected chi connectivity index (χ3v) is 4.88. The molecule has 0 bridgehead atoms. The van der Waals surface area contributed by atoms with Gasteiger partial charge in [-0.2, -0.15) is 0 Å². The molecule has 162 valence electrons. The standard InChI is InChI=1S/C24H27N3O4/c1-15(2)22(24(29)25-4)27-23(28)21-13-12-20(31-21)19-11-10-18(14-26-19)30-16(3)17-8-6-5-7-9-17/h5-16,22H,1-4H3,(H,25,29)(H,27,28)/t16-,22+/m1/s1. The average molecular weight is 421 g/mol. The van der Waals surface area contributed by atoms with Crippen LogP contribution in [-0.2, 0) is 4.79 Å². The number of nitrogens with one attached hydrogen (secondary N) is 2. The molecule has 0 saturated carbocycles. The summed E-state index contributed by atoms with van der Waals surface area (Å²) in [5.41, 5.74) is 1.65. The van der Waals surface area contributed by atoms with Gasteiger partial charge in [0.15, 0.2) is 11.5 Å². The minimum atomic E-state index is -0.646. The summed E-state index contributed by atoms with van der Waals surface area (Å²) in [6.07, 6.45) is 1.51. The second kappa shape index (κ2) is 9.93. The van der Waals surface area contributed by atoms with Crippen molar-refractivity contribution in [1.82, 2.24) is 15.6 Å². The zero-order valence-corrected chi connectivity index (χ0v) is 18.1. The molecule has 2 N–H and O–H groups in total. The van der Waals surface area contributed by atoms with Crippen LogP contribution in [0.2, 0.25) is 0 Å². The van der Waals surface area contributed by atoms with Crippen molar-refractivity contribution >= 4 is 11.8 Å². The van der Waals surface area contributed by atoms with E-state index in [-0.39, 0.29) is 23.7 Å². The van der Waals surface area contributed by atoms with Gasteiger partial charge in [0.2, 0.25) is 5.91 Å². The number of hydrogen-bond acceptors (Lipinski definition) is 5. The molecule has 7 heteroatoms. The molecule has 3 aromatic rings. The number of pyridine rings is 1. The molecule has 0 radical (unpaired) electrons. The van der Waals surface area contributed by atoms with Gasteiger partial charge in [-0.25, -0.2) is 4.98 Å². The van der Waals surface area contributed by atoms with Crippen LogP contribution in [0.4, 0.5) is 0 Å². The third kappa shape index (κ3) is 5.51. The van der Waals surface area contributed by atoms with E-state index in [0.717, 1.165) is 5.56 Å². The monoisotopic (exact) mass is 421 g/mol. The van der Waals surface area contributed by atoms with Crippen LogP contribution >= 0.6 is 0 Å². The van der Waals surface area contributed by atoms with Gasteiger partial charge in [-0.15, -0.1) is 0 Å². The zero-order valence-electron chi connectivity index (χ0n) is 18.1. The van der Waals surface area contributed by atoms with Crippen molar-refractivity contribution in [3.05, 3.63) is 72.1 Å². The molecule has 0 aliphatic carbocycles. The predicted octanol–water partition coefficient (Wildman–Crippen LogP) is 3.98. The van der Waals surface area contributed by atoms with Crippen molar-refractivity contribution in [3.63, 3.8) is 0 Å². The van der Waals surface area contributed by atoms with E-state index in [9.17, 15) is 9.59 Å². The van der Waals surface area contributed by atoms with Gasteiger partial charge in [-0.05, 0) is 42.7 Å². The molecule has 0 aliphatic heterocycles. The van der Waals surface area contributed by atoms with E-state index in [0.29, 0.717) is 17.2 Å². The Morgan fingerprint density at radius 1 is 1.00 bits per heavy atom. The first-order chi connectivity index (χ1) is 14.9. The van der Waals surface area contributed by atoms with Crippen LogP contribution in [0.25, 0.3) is 11.5 Å². The minimum Gasteiger partial charge on any atom is -0.484 e. The van der Waals surface area contributed by atoms with E-state index in [1.165, 1.54) is 7.05 Å². The van der Waals surface area contributed by atoms with Crippen molar-refractivity contribution in [3.8, 4) is 17.2 Å². The van der Waals surface area contributed by atoms with Gasteiger partial charge in [-0.1, -0.05) is 44.2 Å². The molecule has 1 aromatic carbocycles. The van der Waals surface area contributed by atoms with E-state index in [1.54, 1.807) is 24.4 Å². The summed E-state index contributed by atoms with van der Waals surface area (Å²) in [4.78, 5) is 28.9. The van der Waals surface area contributed by atoms with Crippen LogP contribution in [0, 0.1) is 5.92 Å². The average Bonchev–Trinajstić information content (AvgIpc) is 3.28. The van der Waals surface area contributed by atoms with Crippen LogP contribution in [-0.4, -0.2) is 29.9 Å². The Balaban J connectivity index is 1.66. The Hall–Kier alpha value is -3.61. The highest BCUT2D eigenvalue weighted by Crippen LogP contribution is 2.25. The largest absolute Gasteiger partial charge is 0.484 e. The Morgan fingerprint density at radius 2 is 1.74 bits per heavy atom. The quantitative estimate of drug-likeness (QED) is 0.574. The second-order valence-corrected chi connectivity index (χ2v) is 7.52. The van der Waals surface area contributed by atoms with Gasteiger partial charge in [0.05, 0.1) is 6.20 Å². The minimum absolute atomic E-state index is 0.0641. The van der Waals surface area contributed by atoms with Crippen molar-refractivity contribution < 1.29 is 18.7 Å². The fourth-order valence-corrected chi connectivity index (χ4v) is 3.09. The summed E-state index contributed by atoms with van der Waals surface area (Å²) >= 11 is 0. The fraction of sp³-hybridized carbons (Fsp3) is 0.292. The van der Waals surface area contributed by atoms with Gasteiger partial charge in [0.1, 0.15) is 23.6 Å². The predicted molar refractivity (Wildman–Crippen MR) is 118 cm³/mol. The molecule has 0 spiro atoms.